The van der Waals surface area contributed by atoms with E-state index < -0.39 is 18.1 Å². The molecule has 0 aliphatic heterocycles. The maximum atomic E-state index is 10.8. The molecule has 0 saturated heterocycles. The van der Waals surface area contributed by atoms with Gasteiger partial charge in [-0.2, -0.15) is 0 Å². The molecule has 0 fully saturated rings. The number of nitrogens with zero attached hydrogens (tertiary/aromatic N) is 2. The molecule has 3 N–H and O–H groups in total. The van der Waals surface area contributed by atoms with Crippen LogP contribution in [0, 0.1) is 0 Å². The summed E-state index contributed by atoms with van der Waals surface area (Å²) in [6.07, 6.45) is 4.18. The topological polar surface area (TPSA) is 95.3 Å². The molecule has 1 aromatic heterocycles. The van der Waals surface area contributed by atoms with Gasteiger partial charge in [-0.05, 0) is 13.2 Å². The molecular weight excluding hydrogens is 242 g/mol. The molecule has 0 unspecified atom stereocenters. The van der Waals surface area contributed by atoms with Crippen molar-refractivity contribution in [1.29, 1.82) is 0 Å². The lowest BCUT2D eigenvalue weighted by Gasteiger charge is -2.16. The van der Waals surface area contributed by atoms with Crippen molar-refractivity contribution in [3.8, 4) is 0 Å². The van der Waals surface area contributed by atoms with Crippen LogP contribution in [0.1, 0.15) is 12.5 Å². The van der Waals surface area contributed by atoms with E-state index in [1.807, 2.05) is 6.26 Å². The van der Waals surface area contributed by atoms with Crippen LogP contribution in [-0.2, 0) is 11.3 Å². The number of hydrogen-bond acceptors (Lipinski definition) is 6. The smallest absolute Gasteiger partial charge is 0.323 e. The van der Waals surface area contributed by atoms with Crippen molar-refractivity contribution in [2.75, 3.05) is 6.26 Å². The van der Waals surface area contributed by atoms with Crippen LogP contribution in [-0.4, -0.2) is 44.6 Å². The Morgan fingerprint density at radius 1 is 1.53 bits per heavy atom. The van der Waals surface area contributed by atoms with Crippen LogP contribution in [0.4, 0.5) is 0 Å². The van der Waals surface area contributed by atoms with Crippen LogP contribution in [0.25, 0.3) is 0 Å². The first-order valence-electron chi connectivity index (χ1n) is 5.03. The van der Waals surface area contributed by atoms with Crippen LogP contribution in [0.15, 0.2) is 17.6 Å². The lowest BCUT2D eigenvalue weighted by atomic mass is 10.2. The van der Waals surface area contributed by atoms with Gasteiger partial charge in [0.1, 0.15) is 6.04 Å². The van der Waals surface area contributed by atoms with Crippen molar-refractivity contribution < 1.29 is 15.0 Å². The lowest BCUT2D eigenvalue weighted by molar-refractivity contribution is -0.142. The number of aromatic nitrogens is 2. The van der Waals surface area contributed by atoms with Gasteiger partial charge in [0, 0.05) is 24.5 Å². The van der Waals surface area contributed by atoms with Gasteiger partial charge >= 0.3 is 5.97 Å². The zero-order valence-corrected chi connectivity index (χ0v) is 10.4. The van der Waals surface area contributed by atoms with E-state index >= 15 is 0 Å². The van der Waals surface area contributed by atoms with Crippen LogP contribution in [0.3, 0.4) is 0 Å². The molecule has 1 aromatic rings. The van der Waals surface area contributed by atoms with Gasteiger partial charge in [-0.1, -0.05) is 11.8 Å². The fraction of sp³-hybridized carbons (Fsp3) is 0.500. The number of thioether (sulfide) groups is 1. The fourth-order valence-corrected chi connectivity index (χ4v) is 1.55. The predicted octanol–water partition coefficient (Wildman–Crippen LogP) is 0.122. The zero-order chi connectivity index (χ0) is 12.8. The number of carboxylic acids is 1. The summed E-state index contributed by atoms with van der Waals surface area (Å²) in [7, 11) is 0. The van der Waals surface area contributed by atoms with Gasteiger partial charge in [0.2, 0.25) is 0 Å². The highest BCUT2D eigenvalue weighted by Gasteiger charge is 2.21. The van der Waals surface area contributed by atoms with Gasteiger partial charge in [-0.3, -0.25) is 10.1 Å². The Balaban J connectivity index is 2.56. The van der Waals surface area contributed by atoms with Crippen LogP contribution >= 0.6 is 11.8 Å². The summed E-state index contributed by atoms with van der Waals surface area (Å²) in [4.78, 5) is 18.9. The molecule has 6 nitrogen and oxygen atoms in total. The van der Waals surface area contributed by atoms with E-state index in [0.29, 0.717) is 11.7 Å². The average Bonchev–Trinajstić information content (AvgIpc) is 2.29. The molecule has 94 valence electrons. The summed E-state index contributed by atoms with van der Waals surface area (Å²) in [5, 5.41) is 21.5. The van der Waals surface area contributed by atoms with E-state index in [9.17, 15) is 9.90 Å². The summed E-state index contributed by atoms with van der Waals surface area (Å²) in [6, 6.07) is -0.991. The van der Waals surface area contributed by atoms with Crippen molar-refractivity contribution in [1.82, 2.24) is 15.3 Å². The summed E-state index contributed by atoms with van der Waals surface area (Å²) >= 11 is 1.43. The predicted molar refractivity (Wildman–Crippen MR) is 63.8 cm³/mol. The highest BCUT2D eigenvalue weighted by Crippen LogP contribution is 2.07. The van der Waals surface area contributed by atoms with Crippen LogP contribution in [0.2, 0.25) is 0 Å². The Kier molecular flexibility index (Phi) is 5.33. The van der Waals surface area contributed by atoms with E-state index in [-0.39, 0.29) is 0 Å². The van der Waals surface area contributed by atoms with Gasteiger partial charge in [0.05, 0.1) is 6.10 Å². The summed E-state index contributed by atoms with van der Waals surface area (Å²) in [5.41, 5.74) is 0.773. The molecule has 0 radical (unpaired) electrons. The molecule has 1 heterocycles. The van der Waals surface area contributed by atoms with Crippen molar-refractivity contribution in [3.05, 3.63) is 18.0 Å². The number of rotatable bonds is 6. The standard InChI is InChI=1S/C10H15N3O3S/c1-6(14)8(9(15)16)11-3-7-4-12-10(17-2)13-5-7/h4-6,8,11,14H,3H2,1-2H3,(H,15,16)/t6-,8+/m0/s1. The Morgan fingerprint density at radius 2 is 2.12 bits per heavy atom. The first kappa shape index (κ1) is 13.9. The van der Waals surface area contributed by atoms with E-state index in [1.165, 1.54) is 18.7 Å². The van der Waals surface area contributed by atoms with Gasteiger partial charge < -0.3 is 10.2 Å². The average molecular weight is 257 g/mol. The van der Waals surface area contributed by atoms with E-state index in [4.69, 9.17) is 5.11 Å². The molecule has 17 heavy (non-hydrogen) atoms. The Bertz CT molecular complexity index is 370. The Hall–Kier alpha value is -1.18. The molecule has 0 aliphatic carbocycles. The highest BCUT2D eigenvalue weighted by molar-refractivity contribution is 7.98. The minimum atomic E-state index is -1.08. The minimum absolute atomic E-state index is 0.302. The van der Waals surface area contributed by atoms with Gasteiger partial charge in [0.15, 0.2) is 5.16 Å². The second-order valence-electron chi connectivity index (χ2n) is 3.52. The summed E-state index contributed by atoms with van der Waals surface area (Å²) in [5.74, 6) is -1.08. The lowest BCUT2D eigenvalue weighted by Crippen LogP contribution is -2.44. The number of aliphatic hydroxyl groups excluding tert-OH is 1. The zero-order valence-electron chi connectivity index (χ0n) is 9.62. The Labute approximate surface area is 103 Å². The first-order valence-corrected chi connectivity index (χ1v) is 6.26. The fourth-order valence-electron chi connectivity index (χ4n) is 1.23. The molecule has 7 heteroatoms. The van der Waals surface area contributed by atoms with E-state index in [1.54, 1.807) is 12.4 Å². The van der Waals surface area contributed by atoms with Crippen LogP contribution < -0.4 is 5.32 Å². The van der Waals surface area contributed by atoms with Crippen molar-refractivity contribution in [2.45, 2.75) is 30.8 Å². The Morgan fingerprint density at radius 3 is 2.53 bits per heavy atom. The largest absolute Gasteiger partial charge is 0.480 e. The third-order valence-electron chi connectivity index (χ3n) is 2.14. The number of carbonyl (C=O) groups is 1. The van der Waals surface area contributed by atoms with Crippen molar-refractivity contribution >= 4 is 17.7 Å². The highest BCUT2D eigenvalue weighted by atomic mass is 32.2. The maximum absolute atomic E-state index is 10.8. The van der Waals surface area contributed by atoms with Gasteiger partial charge in [-0.15, -0.1) is 0 Å². The van der Waals surface area contributed by atoms with Crippen LogP contribution in [0.5, 0.6) is 0 Å². The molecule has 0 bridgehead atoms. The quantitative estimate of drug-likeness (QED) is 0.492. The molecule has 1 rings (SSSR count). The van der Waals surface area contributed by atoms with Gasteiger partial charge in [-0.25, -0.2) is 9.97 Å². The number of carboxylic acid groups (broad SMARTS) is 1. The monoisotopic (exact) mass is 257 g/mol. The molecular formula is C10H15N3O3S. The second-order valence-corrected chi connectivity index (χ2v) is 4.29. The normalized spacial score (nSPS) is 14.3. The first-order chi connectivity index (χ1) is 8.04. The number of nitrogens with one attached hydrogen (secondary N) is 1. The number of aliphatic hydroxyl groups is 1. The molecule has 0 aromatic carbocycles. The number of hydrogen-bond donors (Lipinski definition) is 3. The molecule has 0 amide bonds. The SMILES string of the molecule is CSc1ncc(CN[C@@H](C(=O)O)[C@H](C)O)cn1. The third kappa shape index (κ3) is 4.29. The van der Waals surface area contributed by atoms with Crippen molar-refractivity contribution in [2.24, 2.45) is 0 Å². The van der Waals surface area contributed by atoms with E-state index in [0.717, 1.165) is 5.56 Å². The molecule has 0 aliphatic rings. The number of aliphatic carboxylic acids is 1. The summed E-state index contributed by atoms with van der Waals surface area (Å²) in [6.45, 7) is 1.73. The van der Waals surface area contributed by atoms with Crippen molar-refractivity contribution in [3.63, 3.8) is 0 Å². The van der Waals surface area contributed by atoms with E-state index in [2.05, 4.69) is 15.3 Å². The third-order valence-corrected chi connectivity index (χ3v) is 2.71. The minimum Gasteiger partial charge on any atom is -0.480 e. The second kappa shape index (κ2) is 6.53. The molecule has 0 saturated carbocycles. The molecule has 2 atom stereocenters. The molecule has 0 spiro atoms. The summed E-state index contributed by atoms with van der Waals surface area (Å²) < 4.78 is 0. The maximum Gasteiger partial charge on any atom is 0.323 e. The van der Waals surface area contributed by atoms with Gasteiger partial charge in [0.25, 0.3) is 0 Å².